The number of thiophene rings is 1. The Labute approximate surface area is 112 Å². The van der Waals surface area contributed by atoms with Crippen molar-refractivity contribution in [3.8, 4) is 0 Å². The molecule has 2 aromatic heterocycles. The van der Waals surface area contributed by atoms with E-state index in [1.54, 1.807) is 11.3 Å². The average molecular weight is 261 g/mol. The summed E-state index contributed by atoms with van der Waals surface area (Å²) < 4.78 is 1.30. The predicted molar refractivity (Wildman–Crippen MR) is 77.9 cm³/mol. The van der Waals surface area contributed by atoms with Crippen LogP contribution in [0.4, 0.5) is 5.82 Å². The van der Waals surface area contributed by atoms with Crippen molar-refractivity contribution in [2.75, 3.05) is 5.43 Å². The van der Waals surface area contributed by atoms with Crippen LogP contribution in [-0.2, 0) is 0 Å². The van der Waals surface area contributed by atoms with Crippen LogP contribution in [0.3, 0.4) is 0 Å². The molecule has 96 valence electrons. The standard InChI is InChI=1S/C14H19N3S/c1-10-4-3-5-11(2)17(10)16-14-12-7-9-18-13(12)6-8-15-14/h6-11H,3-5H2,1-2H3,(H,15,16). The molecule has 18 heavy (non-hydrogen) atoms. The molecule has 0 amide bonds. The highest BCUT2D eigenvalue weighted by molar-refractivity contribution is 7.17. The molecule has 2 atom stereocenters. The molecule has 0 aliphatic carbocycles. The molecular weight excluding hydrogens is 242 g/mol. The van der Waals surface area contributed by atoms with Gasteiger partial charge >= 0.3 is 0 Å². The molecular formula is C14H19N3S. The van der Waals surface area contributed by atoms with Gasteiger partial charge in [-0.3, -0.25) is 0 Å². The maximum absolute atomic E-state index is 4.50. The maximum Gasteiger partial charge on any atom is 0.149 e. The van der Waals surface area contributed by atoms with Crippen LogP contribution in [0.1, 0.15) is 33.1 Å². The van der Waals surface area contributed by atoms with Crippen LogP contribution in [-0.4, -0.2) is 22.1 Å². The Kier molecular flexibility index (Phi) is 3.22. The Bertz CT molecular complexity index is 527. The highest BCUT2D eigenvalue weighted by atomic mass is 32.1. The van der Waals surface area contributed by atoms with Gasteiger partial charge < -0.3 is 5.43 Å². The summed E-state index contributed by atoms with van der Waals surface area (Å²) in [5, 5.41) is 5.72. The van der Waals surface area contributed by atoms with E-state index in [0.717, 1.165) is 5.82 Å². The molecule has 2 aromatic rings. The molecule has 0 spiro atoms. The van der Waals surface area contributed by atoms with Crippen molar-refractivity contribution in [3.05, 3.63) is 23.7 Å². The smallest absolute Gasteiger partial charge is 0.149 e. The summed E-state index contributed by atoms with van der Waals surface area (Å²) >= 11 is 1.77. The van der Waals surface area contributed by atoms with E-state index in [-0.39, 0.29) is 0 Å². The van der Waals surface area contributed by atoms with Gasteiger partial charge in [0.1, 0.15) is 5.82 Å². The first kappa shape index (κ1) is 11.9. The number of aromatic nitrogens is 1. The van der Waals surface area contributed by atoms with Gasteiger partial charge in [0.25, 0.3) is 0 Å². The second-order valence-electron chi connectivity index (χ2n) is 5.14. The zero-order valence-corrected chi connectivity index (χ0v) is 11.7. The molecule has 1 fully saturated rings. The van der Waals surface area contributed by atoms with Crippen LogP contribution in [0.25, 0.3) is 10.1 Å². The van der Waals surface area contributed by atoms with Gasteiger partial charge in [0.05, 0.1) is 0 Å². The topological polar surface area (TPSA) is 28.2 Å². The van der Waals surface area contributed by atoms with Crippen molar-refractivity contribution in [2.24, 2.45) is 0 Å². The van der Waals surface area contributed by atoms with Crippen molar-refractivity contribution < 1.29 is 0 Å². The first-order valence-corrected chi connectivity index (χ1v) is 7.51. The Balaban J connectivity index is 1.89. The number of piperidine rings is 1. The fourth-order valence-corrected chi connectivity index (χ4v) is 3.53. The van der Waals surface area contributed by atoms with E-state index < -0.39 is 0 Å². The van der Waals surface area contributed by atoms with Crippen LogP contribution < -0.4 is 5.43 Å². The van der Waals surface area contributed by atoms with Gasteiger partial charge in [0.15, 0.2) is 0 Å². The van der Waals surface area contributed by atoms with E-state index >= 15 is 0 Å². The van der Waals surface area contributed by atoms with E-state index in [9.17, 15) is 0 Å². The Morgan fingerprint density at radius 2 is 2.06 bits per heavy atom. The number of pyridine rings is 1. The van der Waals surface area contributed by atoms with Gasteiger partial charge in [-0.15, -0.1) is 11.3 Å². The summed E-state index contributed by atoms with van der Waals surface area (Å²) in [6, 6.07) is 5.37. The molecule has 3 rings (SSSR count). The van der Waals surface area contributed by atoms with Crippen LogP contribution >= 0.6 is 11.3 Å². The minimum atomic E-state index is 0.574. The zero-order valence-electron chi connectivity index (χ0n) is 10.9. The molecule has 1 saturated heterocycles. The number of nitrogens with one attached hydrogen (secondary N) is 1. The normalized spacial score (nSPS) is 25.4. The maximum atomic E-state index is 4.50. The van der Waals surface area contributed by atoms with E-state index in [0.29, 0.717) is 12.1 Å². The number of hydrogen-bond donors (Lipinski definition) is 1. The lowest BCUT2D eigenvalue weighted by Gasteiger charge is -2.39. The summed E-state index contributed by atoms with van der Waals surface area (Å²) in [4.78, 5) is 4.50. The van der Waals surface area contributed by atoms with Gasteiger partial charge in [-0.05, 0) is 44.2 Å². The summed E-state index contributed by atoms with van der Waals surface area (Å²) in [5.74, 6) is 0.995. The summed E-state index contributed by atoms with van der Waals surface area (Å²) in [6.45, 7) is 4.58. The summed E-state index contributed by atoms with van der Waals surface area (Å²) in [5.41, 5.74) is 3.54. The highest BCUT2D eigenvalue weighted by Gasteiger charge is 2.25. The summed E-state index contributed by atoms with van der Waals surface area (Å²) in [7, 11) is 0. The van der Waals surface area contributed by atoms with E-state index in [4.69, 9.17) is 0 Å². The predicted octanol–water partition coefficient (Wildman–Crippen LogP) is 3.89. The van der Waals surface area contributed by atoms with Gasteiger partial charge in [-0.25, -0.2) is 9.99 Å². The molecule has 0 aromatic carbocycles. The lowest BCUT2D eigenvalue weighted by molar-refractivity contribution is 0.135. The third-order valence-electron chi connectivity index (χ3n) is 3.81. The number of rotatable bonds is 2. The van der Waals surface area contributed by atoms with E-state index in [1.807, 2.05) is 6.20 Å². The first-order valence-electron chi connectivity index (χ1n) is 6.63. The van der Waals surface area contributed by atoms with Gasteiger partial charge in [-0.2, -0.15) is 0 Å². The monoisotopic (exact) mass is 261 g/mol. The quantitative estimate of drug-likeness (QED) is 0.889. The van der Waals surface area contributed by atoms with Crippen LogP contribution in [0.5, 0.6) is 0 Å². The zero-order chi connectivity index (χ0) is 12.5. The Hall–Kier alpha value is -1.13. The van der Waals surface area contributed by atoms with Crippen LogP contribution in [0.2, 0.25) is 0 Å². The molecule has 0 radical (unpaired) electrons. The van der Waals surface area contributed by atoms with Crippen molar-refractivity contribution in [1.29, 1.82) is 0 Å². The average Bonchev–Trinajstić information content (AvgIpc) is 2.83. The highest BCUT2D eigenvalue weighted by Crippen LogP contribution is 2.28. The molecule has 0 bridgehead atoms. The van der Waals surface area contributed by atoms with Gasteiger partial charge in [0, 0.05) is 28.4 Å². The number of fused-ring (bicyclic) bond motifs is 1. The SMILES string of the molecule is CC1CCCC(C)N1Nc1nccc2sccc12. The minimum absolute atomic E-state index is 0.574. The lowest BCUT2D eigenvalue weighted by atomic mass is 10.00. The second-order valence-corrected chi connectivity index (χ2v) is 6.09. The molecule has 1 aliphatic rings. The molecule has 3 nitrogen and oxygen atoms in total. The minimum Gasteiger partial charge on any atom is -0.302 e. The van der Waals surface area contributed by atoms with Crippen molar-refractivity contribution in [2.45, 2.75) is 45.2 Å². The third kappa shape index (κ3) is 2.10. The fourth-order valence-electron chi connectivity index (χ4n) is 2.75. The third-order valence-corrected chi connectivity index (χ3v) is 4.69. The number of anilines is 1. The lowest BCUT2D eigenvalue weighted by Crippen LogP contribution is -2.47. The molecule has 1 N–H and O–H groups in total. The number of nitrogens with zero attached hydrogens (tertiary/aromatic N) is 2. The van der Waals surface area contributed by atoms with Crippen molar-refractivity contribution in [1.82, 2.24) is 9.99 Å². The molecule has 4 heteroatoms. The van der Waals surface area contributed by atoms with E-state index in [2.05, 4.69) is 46.8 Å². The van der Waals surface area contributed by atoms with Crippen LogP contribution in [0, 0.1) is 0 Å². The Morgan fingerprint density at radius 3 is 2.83 bits per heavy atom. The molecule has 2 unspecified atom stereocenters. The number of hydrogen-bond acceptors (Lipinski definition) is 4. The largest absolute Gasteiger partial charge is 0.302 e. The molecule has 3 heterocycles. The van der Waals surface area contributed by atoms with E-state index in [1.165, 1.54) is 29.3 Å². The summed E-state index contributed by atoms with van der Waals surface area (Å²) in [6.07, 6.45) is 5.74. The molecule has 1 aliphatic heterocycles. The fraction of sp³-hybridized carbons (Fsp3) is 0.500. The van der Waals surface area contributed by atoms with Crippen molar-refractivity contribution >= 4 is 27.2 Å². The second kappa shape index (κ2) is 4.86. The van der Waals surface area contributed by atoms with Crippen LogP contribution in [0.15, 0.2) is 23.7 Å². The number of hydrazine groups is 1. The Morgan fingerprint density at radius 1 is 1.28 bits per heavy atom. The van der Waals surface area contributed by atoms with Crippen molar-refractivity contribution in [3.63, 3.8) is 0 Å². The molecule has 0 saturated carbocycles. The van der Waals surface area contributed by atoms with Gasteiger partial charge in [-0.1, -0.05) is 6.42 Å². The first-order chi connectivity index (χ1) is 8.75. The van der Waals surface area contributed by atoms with Gasteiger partial charge in [0.2, 0.25) is 0 Å².